The molecule has 4 rings (SSSR count). The second-order valence-electron chi connectivity index (χ2n) is 9.18. The molecule has 1 saturated carbocycles. The van der Waals surface area contributed by atoms with Crippen LogP contribution in [0.3, 0.4) is 0 Å². The Bertz CT molecular complexity index is 1140. The van der Waals surface area contributed by atoms with E-state index >= 15 is 0 Å². The molecule has 1 aliphatic rings. The lowest BCUT2D eigenvalue weighted by molar-refractivity contribution is -0.143. The number of fused-ring (bicyclic) bond motifs is 1. The molecular formula is C29H33ClN2O3. The summed E-state index contributed by atoms with van der Waals surface area (Å²) in [5.41, 5.74) is 0.914. The summed E-state index contributed by atoms with van der Waals surface area (Å²) in [6.07, 6.45) is 6.00. The minimum absolute atomic E-state index is 0.0909. The third kappa shape index (κ3) is 6.55. The SMILES string of the molecule is CC[C@@H](C(=O)NC1CCCCC1)N(Cc1ccc(Cl)cc1)C(=O)COc1cccc2ccccc12. The average molecular weight is 493 g/mol. The van der Waals surface area contributed by atoms with E-state index in [-0.39, 0.29) is 24.5 Å². The molecule has 5 nitrogen and oxygen atoms in total. The van der Waals surface area contributed by atoms with Crippen LogP contribution in [0, 0.1) is 0 Å². The fourth-order valence-corrected chi connectivity index (χ4v) is 4.92. The van der Waals surface area contributed by atoms with Crippen LogP contribution in [0.25, 0.3) is 10.8 Å². The van der Waals surface area contributed by atoms with Crippen molar-refractivity contribution in [2.45, 2.75) is 64.1 Å². The van der Waals surface area contributed by atoms with Crippen molar-refractivity contribution in [3.8, 4) is 5.75 Å². The van der Waals surface area contributed by atoms with Crippen LogP contribution >= 0.6 is 11.6 Å². The van der Waals surface area contributed by atoms with Crippen LogP contribution in [0.15, 0.2) is 66.7 Å². The number of carbonyl (C=O) groups excluding carboxylic acids is 2. The van der Waals surface area contributed by atoms with E-state index in [0.717, 1.165) is 42.0 Å². The number of hydrogen-bond donors (Lipinski definition) is 1. The standard InChI is InChI=1S/C29H33ClN2O3/c1-2-26(29(34)31-24-11-4-3-5-12-24)32(19-21-15-17-23(30)18-16-21)28(33)20-35-27-14-8-10-22-9-6-7-13-25(22)27/h6-10,13-18,24,26H,2-5,11-12,19-20H2,1H3,(H,31,34)/t26-/m0/s1. The molecule has 184 valence electrons. The molecule has 0 aromatic heterocycles. The normalized spacial score (nSPS) is 14.9. The van der Waals surface area contributed by atoms with Crippen molar-refractivity contribution in [1.29, 1.82) is 0 Å². The Morgan fingerprint density at radius 2 is 1.71 bits per heavy atom. The fraction of sp³-hybridized carbons (Fsp3) is 0.379. The fourth-order valence-electron chi connectivity index (χ4n) is 4.79. The second-order valence-corrected chi connectivity index (χ2v) is 9.62. The lowest BCUT2D eigenvalue weighted by Gasteiger charge is -2.32. The summed E-state index contributed by atoms with van der Waals surface area (Å²) in [5, 5.41) is 5.84. The highest BCUT2D eigenvalue weighted by Crippen LogP contribution is 2.25. The van der Waals surface area contributed by atoms with E-state index in [4.69, 9.17) is 16.3 Å². The number of ether oxygens (including phenoxy) is 1. The number of hydrogen-bond acceptors (Lipinski definition) is 3. The van der Waals surface area contributed by atoms with E-state index in [1.807, 2.05) is 61.5 Å². The number of nitrogens with zero attached hydrogens (tertiary/aromatic N) is 1. The first-order valence-corrected chi connectivity index (χ1v) is 12.9. The predicted octanol–water partition coefficient (Wildman–Crippen LogP) is 6.13. The molecule has 0 spiro atoms. The molecule has 0 unspecified atom stereocenters. The monoisotopic (exact) mass is 492 g/mol. The Balaban J connectivity index is 1.52. The summed E-state index contributed by atoms with van der Waals surface area (Å²) in [5.74, 6) is 0.341. The van der Waals surface area contributed by atoms with Gasteiger partial charge in [0.2, 0.25) is 5.91 Å². The summed E-state index contributed by atoms with van der Waals surface area (Å²) in [6, 6.07) is 20.7. The van der Waals surface area contributed by atoms with E-state index in [1.165, 1.54) is 6.42 Å². The minimum atomic E-state index is -0.573. The summed E-state index contributed by atoms with van der Waals surface area (Å²) >= 11 is 6.06. The van der Waals surface area contributed by atoms with Gasteiger partial charge in [-0.25, -0.2) is 0 Å². The van der Waals surface area contributed by atoms with Gasteiger partial charge in [0.25, 0.3) is 5.91 Å². The molecule has 35 heavy (non-hydrogen) atoms. The maximum atomic E-state index is 13.5. The van der Waals surface area contributed by atoms with E-state index in [2.05, 4.69) is 5.32 Å². The van der Waals surface area contributed by atoms with Crippen molar-refractivity contribution in [2.75, 3.05) is 6.61 Å². The summed E-state index contributed by atoms with van der Waals surface area (Å²) in [7, 11) is 0. The van der Waals surface area contributed by atoms with Gasteiger partial charge in [0.1, 0.15) is 11.8 Å². The molecule has 0 radical (unpaired) electrons. The zero-order valence-corrected chi connectivity index (χ0v) is 21.0. The summed E-state index contributed by atoms with van der Waals surface area (Å²) in [4.78, 5) is 28.5. The Hall–Kier alpha value is -3.05. The summed E-state index contributed by atoms with van der Waals surface area (Å²) in [6.45, 7) is 2.11. The van der Waals surface area contributed by atoms with Gasteiger partial charge in [-0.1, -0.05) is 86.3 Å². The smallest absolute Gasteiger partial charge is 0.261 e. The van der Waals surface area contributed by atoms with Crippen molar-refractivity contribution >= 4 is 34.2 Å². The van der Waals surface area contributed by atoms with Gasteiger partial charge in [-0.3, -0.25) is 9.59 Å². The van der Waals surface area contributed by atoms with Crippen LogP contribution in [0.4, 0.5) is 0 Å². The van der Waals surface area contributed by atoms with E-state index in [0.29, 0.717) is 23.7 Å². The lowest BCUT2D eigenvalue weighted by Crippen LogP contribution is -2.52. The highest BCUT2D eigenvalue weighted by atomic mass is 35.5. The molecule has 3 aromatic rings. The molecule has 0 heterocycles. The van der Waals surface area contributed by atoms with E-state index in [9.17, 15) is 9.59 Å². The van der Waals surface area contributed by atoms with Crippen molar-refractivity contribution < 1.29 is 14.3 Å². The maximum Gasteiger partial charge on any atom is 0.261 e. The Morgan fingerprint density at radius 3 is 2.46 bits per heavy atom. The van der Waals surface area contributed by atoms with Gasteiger partial charge in [0.15, 0.2) is 6.61 Å². The molecule has 0 aliphatic heterocycles. The van der Waals surface area contributed by atoms with Crippen LogP contribution < -0.4 is 10.1 Å². The van der Waals surface area contributed by atoms with Gasteiger partial charge in [0.05, 0.1) is 0 Å². The molecule has 1 fully saturated rings. The predicted molar refractivity (Wildman–Crippen MR) is 141 cm³/mol. The first-order chi connectivity index (χ1) is 17.0. The molecule has 1 N–H and O–H groups in total. The van der Waals surface area contributed by atoms with Crippen LogP contribution in [0.5, 0.6) is 5.75 Å². The van der Waals surface area contributed by atoms with Gasteiger partial charge < -0.3 is 15.0 Å². The van der Waals surface area contributed by atoms with Gasteiger partial charge in [-0.15, -0.1) is 0 Å². The molecule has 1 aliphatic carbocycles. The maximum absolute atomic E-state index is 13.5. The number of carbonyl (C=O) groups is 2. The zero-order valence-electron chi connectivity index (χ0n) is 20.2. The second kappa shape index (κ2) is 12.1. The Morgan fingerprint density at radius 1 is 1.00 bits per heavy atom. The topological polar surface area (TPSA) is 58.6 Å². The van der Waals surface area contributed by atoms with Crippen LogP contribution in [0.2, 0.25) is 5.02 Å². The van der Waals surface area contributed by atoms with Crippen LogP contribution in [-0.4, -0.2) is 35.4 Å². The minimum Gasteiger partial charge on any atom is -0.483 e. The van der Waals surface area contributed by atoms with Gasteiger partial charge >= 0.3 is 0 Å². The third-order valence-corrected chi connectivity index (χ3v) is 6.96. The molecular weight excluding hydrogens is 460 g/mol. The summed E-state index contributed by atoms with van der Waals surface area (Å²) < 4.78 is 6.00. The van der Waals surface area contributed by atoms with Crippen molar-refractivity contribution in [3.05, 3.63) is 77.3 Å². The molecule has 0 bridgehead atoms. The van der Waals surface area contributed by atoms with Gasteiger partial charge in [-0.05, 0) is 48.4 Å². The number of amides is 2. The molecule has 0 saturated heterocycles. The largest absolute Gasteiger partial charge is 0.483 e. The van der Waals surface area contributed by atoms with Gasteiger partial charge in [0, 0.05) is 23.0 Å². The first kappa shape index (κ1) is 25.1. The highest BCUT2D eigenvalue weighted by molar-refractivity contribution is 6.30. The Kier molecular flexibility index (Phi) is 8.64. The zero-order chi connectivity index (χ0) is 24.6. The number of benzene rings is 3. The number of nitrogens with one attached hydrogen (secondary N) is 1. The van der Waals surface area contributed by atoms with Gasteiger partial charge in [-0.2, -0.15) is 0 Å². The van der Waals surface area contributed by atoms with Crippen molar-refractivity contribution in [1.82, 2.24) is 10.2 Å². The molecule has 6 heteroatoms. The lowest BCUT2D eigenvalue weighted by atomic mass is 9.95. The molecule has 2 amide bonds. The van der Waals surface area contributed by atoms with Crippen molar-refractivity contribution in [3.63, 3.8) is 0 Å². The number of halogens is 1. The number of rotatable bonds is 9. The molecule has 1 atom stereocenters. The van der Waals surface area contributed by atoms with E-state index in [1.54, 1.807) is 17.0 Å². The molecule has 3 aromatic carbocycles. The average Bonchev–Trinajstić information content (AvgIpc) is 2.89. The van der Waals surface area contributed by atoms with Crippen LogP contribution in [-0.2, 0) is 16.1 Å². The van der Waals surface area contributed by atoms with E-state index < -0.39 is 6.04 Å². The third-order valence-electron chi connectivity index (χ3n) is 6.70. The quantitative estimate of drug-likeness (QED) is 0.391. The van der Waals surface area contributed by atoms with Crippen LogP contribution in [0.1, 0.15) is 51.0 Å². The highest BCUT2D eigenvalue weighted by Gasteiger charge is 2.30. The van der Waals surface area contributed by atoms with Crippen molar-refractivity contribution in [2.24, 2.45) is 0 Å². The first-order valence-electron chi connectivity index (χ1n) is 12.5. The Labute approximate surface area is 212 Å².